The Labute approximate surface area is 221 Å². The summed E-state index contributed by atoms with van der Waals surface area (Å²) in [7, 11) is -4.14. The molecule has 2 saturated heterocycles. The molecule has 0 amide bonds. The second-order valence-corrected chi connectivity index (χ2v) is 10.7. The van der Waals surface area contributed by atoms with Gasteiger partial charge in [-0.25, -0.2) is 0 Å². The van der Waals surface area contributed by atoms with Crippen molar-refractivity contribution in [3.8, 4) is 11.5 Å². The summed E-state index contributed by atoms with van der Waals surface area (Å²) in [6.07, 6.45) is 2.39. The maximum Gasteiger partial charge on any atom is 0.649 e. The fourth-order valence-corrected chi connectivity index (χ4v) is 5.97. The Morgan fingerprint density at radius 2 is 1.26 bits per heavy atom. The van der Waals surface area contributed by atoms with E-state index in [-0.39, 0.29) is 30.4 Å². The standard InChI is InChI=1S/C29H29O8P/c30-38(35-22-12-6-2-7-13-22,36-23-14-8-3-9-15-23)37-28-19-18-24-25(33-28)16-17-26-27(32-24)20-31-29(34-26)21-10-4-1-5-11-21/h1-15,19,24-27,29H,16-18,20H2/t24-,25+,26-,27+,29+/m0/s1. The van der Waals surface area contributed by atoms with Crippen LogP contribution >= 0.6 is 7.82 Å². The minimum atomic E-state index is -4.14. The third-order valence-electron chi connectivity index (χ3n) is 6.60. The van der Waals surface area contributed by atoms with Gasteiger partial charge in [-0.2, -0.15) is 4.57 Å². The van der Waals surface area contributed by atoms with Crippen LogP contribution in [0.4, 0.5) is 0 Å². The van der Waals surface area contributed by atoms with Gasteiger partial charge in [0, 0.05) is 12.0 Å². The van der Waals surface area contributed by atoms with Gasteiger partial charge in [0.25, 0.3) is 5.95 Å². The Bertz CT molecular complexity index is 1220. The van der Waals surface area contributed by atoms with Crippen LogP contribution in [0.5, 0.6) is 11.5 Å². The van der Waals surface area contributed by atoms with E-state index < -0.39 is 14.1 Å². The molecule has 2 fully saturated rings. The largest absolute Gasteiger partial charge is 0.649 e. The first-order chi connectivity index (χ1) is 18.6. The average molecular weight is 537 g/mol. The number of hydrogen-bond acceptors (Lipinski definition) is 8. The molecule has 0 bridgehead atoms. The maximum absolute atomic E-state index is 13.8. The van der Waals surface area contributed by atoms with Crippen LogP contribution in [0.1, 0.15) is 31.1 Å². The third kappa shape index (κ3) is 5.89. The van der Waals surface area contributed by atoms with Crippen molar-refractivity contribution >= 4 is 7.82 Å². The van der Waals surface area contributed by atoms with Crippen molar-refractivity contribution in [2.75, 3.05) is 6.61 Å². The summed E-state index contributed by atoms with van der Waals surface area (Å²) in [5.74, 6) is 0.801. The van der Waals surface area contributed by atoms with Crippen LogP contribution in [0.3, 0.4) is 0 Å². The molecule has 3 aromatic carbocycles. The molecule has 6 rings (SSSR count). The fourth-order valence-electron chi connectivity index (χ4n) is 4.77. The number of benzene rings is 3. The number of hydrogen-bond donors (Lipinski definition) is 0. The van der Waals surface area contributed by atoms with E-state index in [9.17, 15) is 4.57 Å². The molecule has 0 radical (unpaired) electrons. The van der Waals surface area contributed by atoms with Crippen LogP contribution in [-0.4, -0.2) is 31.0 Å². The highest BCUT2D eigenvalue weighted by Crippen LogP contribution is 2.52. The number of fused-ring (bicyclic) bond motifs is 2. The minimum absolute atomic E-state index is 0.0919. The summed E-state index contributed by atoms with van der Waals surface area (Å²) in [6, 6.07) is 27.4. The molecule has 38 heavy (non-hydrogen) atoms. The Morgan fingerprint density at radius 1 is 0.658 bits per heavy atom. The lowest BCUT2D eigenvalue weighted by Crippen LogP contribution is -2.43. The Balaban J connectivity index is 1.14. The number of ether oxygens (including phenoxy) is 4. The van der Waals surface area contributed by atoms with Crippen molar-refractivity contribution in [2.24, 2.45) is 0 Å². The van der Waals surface area contributed by atoms with Gasteiger partial charge in [-0.15, -0.1) is 0 Å². The molecular weight excluding hydrogens is 507 g/mol. The Hall–Kier alpha value is -3.29. The Morgan fingerprint density at radius 3 is 1.92 bits per heavy atom. The molecule has 5 atom stereocenters. The first-order valence-electron chi connectivity index (χ1n) is 12.8. The second kappa shape index (κ2) is 11.2. The molecule has 0 unspecified atom stereocenters. The SMILES string of the molecule is O=P(OC1=CC[C@@H]2O[C@@H]3CO[C@@H](c4ccccc4)O[C@H]3CC[C@H]2O1)(Oc1ccccc1)Oc1ccccc1. The van der Waals surface area contributed by atoms with E-state index in [0.717, 1.165) is 12.0 Å². The van der Waals surface area contributed by atoms with Crippen molar-refractivity contribution in [1.82, 2.24) is 0 Å². The normalized spacial score (nSPS) is 26.9. The van der Waals surface area contributed by atoms with Gasteiger partial charge in [-0.3, -0.25) is 0 Å². The van der Waals surface area contributed by atoms with Crippen molar-refractivity contribution < 1.29 is 37.1 Å². The van der Waals surface area contributed by atoms with Crippen LogP contribution in [0, 0.1) is 0 Å². The topological polar surface area (TPSA) is 81.7 Å². The van der Waals surface area contributed by atoms with Gasteiger partial charge in [-0.05, 0) is 43.2 Å². The monoisotopic (exact) mass is 536 g/mol. The van der Waals surface area contributed by atoms with Crippen LogP contribution in [0.15, 0.2) is 103 Å². The lowest BCUT2D eigenvalue weighted by Gasteiger charge is -2.37. The van der Waals surface area contributed by atoms with Gasteiger partial charge in [0.15, 0.2) is 6.29 Å². The molecule has 0 N–H and O–H groups in total. The summed E-state index contributed by atoms with van der Waals surface area (Å²) in [5, 5.41) is 0. The van der Waals surface area contributed by atoms with Gasteiger partial charge in [-0.1, -0.05) is 66.7 Å². The van der Waals surface area contributed by atoms with E-state index in [1.807, 2.05) is 42.5 Å². The van der Waals surface area contributed by atoms with E-state index >= 15 is 0 Å². The molecule has 9 heteroatoms. The fraction of sp³-hybridized carbons (Fsp3) is 0.310. The first-order valence-corrected chi connectivity index (χ1v) is 14.2. The quantitative estimate of drug-likeness (QED) is 0.314. The predicted octanol–water partition coefficient (Wildman–Crippen LogP) is 6.56. The van der Waals surface area contributed by atoms with Gasteiger partial charge < -0.3 is 32.5 Å². The number of para-hydroxylation sites is 2. The molecule has 0 aliphatic carbocycles. The van der Waals surface area contributed by atoms with Gasteiger partial charge in [0.1, 0.15) is 23.7 Å². The van der Waals surface area contributed by atoms with Crippen molar-refractivity contribution in [1.29, 1.82) is 0 Å². The molecule has 8 nitrogen and oxygen atoms in total. The summed E-state index contributed by atoms with van der Waals surface area (Å²) in [5.41, 5.74) is 0.980. The Kier molecular flexibility index (Phi) is 7.38. The number of rotatable bonds is 7. The summed E-state index contributed by atoms with van der Waals surface area (Å²) in [4.78, 5) is 0. The summed E-state index contributed by atoms with van der Waals surface area (Å²) >= 11 is 0. The van der Waals surface area contributed by atoms with Crippen LogP contribution < -0.4 is 9.05 Å². The molecule has 0 aromatic heterocycles. The molecular formula is C29H29O8P. The number of phosphoric ester groups is 1. The van der Waals surface area contributed by atoms with Gasteiger partial charge >= 0.3 is 7.82 Å². The minimum Gasteiger partial charge on any atom is -0.459 e. The molecule has 3 aliphatic heterocycles. The van der Waals surface area contributed by atoms with Crippen LogP contribution in [0.25, 0.3) is 0 Å². The van der Waals surface area contributed by atoms with Crippen molar-refractivity contribution in [3.05, 3.63) is 109 Å². The summed E-state index contributed by atoms with van der Waals surface area (Å²) in [6.45, 7) is 0.436. The van der Waals surface area contributed by atoms with E-state index in [1.165, 1.54) is 0 Å². The lowest BCUT2D eigenvalue weighted by atomic mass is 10.0. The van der Waals surface area contributed by atoms with E-state index in [2.05, 4.69) is 0 Å². The molecule has 3 aromatic rings. The third-order valence-corrected chi connectivity index (χ3v) is 7.88. The average Bonchev–Trinajstić information content (AvgIpc) is 3.13. The van der Waals surface area contributed by atoms with Crippen molar-refractivity contribution in [2.45, 2.75) is 50.0 Å². The highest BCUT2D eigenvalue weighted by atomic mass is 31.2. The van der Waals surface area contributed by atoms with E-state index in [0.29, 0.717) is 30.9 Å². The van der Waals surface area contributed by atoms with E-state index in [1.54, 1.807) is 54.6 Å². The van der Waals surface area contributed by atoms with Crippen molar-refractivity contribution in [3.63, 3.8) is 0 Å². The highest BCUT2D eigenvalue weighted by Gasteiger charge is 2.43. The first kappa shape index (κ1) is 25.0. The molecule has 3 heterocycles. The molecule has 0 saturated carbocycles. The van der Waals surface area contributed by atoms with Gasteiger partial charge in [0.05, 0.1) is 18.8 Å². The summed E-state index contributed by atoms with van der Waals surface area (Å²) < 4.78 is 55.8. The second-order valence-electron chi connectivity index (χ2n) is 9.30. The van der Waals surface area contributed by atoms with Crippen LogP contribution in [-0.2, 0) is 28.0 Å². The lowest BCUT2D eigenvalue weighted by molar-refractivity contribution is -0.271. The number of phosphoric acid groups is 1. The molecule has 198 valence electrons. The van der Waals surface area contributed by atoms with E-state index in [4.69, 9.17) is 32.5 Å². The van der Waals surface area contributed by atoms with Gasteiger partial charge in [0.2, 0.25) is 0 Å². The predicted molar refractivity (Wildman–Crippen MR) is 138 cm³/mol. The van der Waals surface area contributed by atoms with Crippen LogP contribution in [0.2, 0.25) is 0 Å². The zero-order valence-corrected chi connectivity index (χ0v) is 21.6. The zero-order valence-electron chi connectivity index (χ0n) is 20.7. The molecule has 0 spiro atoms. The smallest absolute Gasteiger partial charge is 0.459 e. The zero-order chi connectivity index (χ0) is 25.8. The maximum atomic E-state index is 13.8. The highest BCUT2D eigenvalue weighted by molar-refractivity contribution is 7.49. The molecule has 3 aliphatic rings.